The lowest BCUT2D eigenvalue weighted by Crippen LogP contribution is -2.45. The summed E-state index contributed by atoms with van der Waals surface area (Å²) in [5.41, 5.74) is 2.83. The van der Waals surface area contributed by atoms with Crippen LogP contribution in [0.1, 0.15) is 23.1 Å². The molecule has 0 fully saturated rings. The first-order valence-corrected chi connectivity index (χ1v) is 13.4. The summed E-state index contributed by atoms with van der Waals surface area (Å²) < 4.78 is 39.5. The third-order valence-electron chi connectivity index (χ3n) is 5.23. The third-order valence-corrected chi connectivity index (χ3v) is 6.98. The average molecular weight is 513 g/mol. The number of sulfone groups is 1. The summed E-state index contributed by atoms with van der Waals surface area (Å²) in [5, 5.41) is 8.13. The second-order valence-electron chi connectivity index (χ2n) is 8.02. The van der Waals surface area contributed by atoms with E-state index in [0.717, 1.165) is 40.0 Å². The van der Waals surface area contributed by atoms with Gasteiger partial charge in [-0.25, -0.2) is 13.3 Å². The smallest absolute Gasteiger partial charge is 0.283 e. The first-order valence-electron chi connectivity index (χ1n) is 10.8. The van der Waals surface area contributed by atoms with Gasteiger partial charge in [-0.1, -0.05) is 30.3 Å². The third kappa shape index (κ3) is 5.46. The molecule has 0 atom stereocenters. The van der Waals surface area contributed by atoms with E-state index in [0.29, 0.717) is 30.9 Å². The zero-order valence-corrected chi connectivity index (χ0v) is 21.1. The molecule has 2 aromatic rings. The van der Waals surface area contributed by atoms with E-state index in [-0.39, 0.29) is 21.7 Å². The lowest BCUT2D eigenvalue weighted by molar-refractivity contribution is -0.114. The monoisotopic (exact) mass is 512 g/mol. The Bertz CT molecular complexity index is 1360. The fourth-order valence-electron chi connectivity index (χ4n) is 3.51. The molecule has 0 unspecified atom stereocenters. The lowest BCUT2D eigenvalue weighted by atomic mass is 10.1. The number of aliphatic imine (C=N–C) groups is 1. The maximum absolute atomic E-state index is 12.4. The minimum absolute atomic E-state index is 0.0232. The van der Waals surface area contributed by atoms with Gasteiger partial charge in [0.2, 0.25) is 20.2 Å². The van der Waals surface area contributed by atoms with Gasteiger partial charge in [0.1, 0.15) is 17.3 Å². The normalized spacial score (nSPS) is 16.8. The molecule has 11 heteroatoms. The molecule has 0 bridgehead atoms. The van der Waals surface area contributed by atoms with E-state index in [1.165, 1.54) is 6.08 Å². The Morgan fingerprint density at radius 2 is 1.71 bits per heavy atom. The van der Waals surface area contributed by atoms with Crippen LogP contribution >= 0.6 is 11.9 Å². The van der Waals surface area contributed by atoms with Crippen molar-refractivity contribution < 1.29 is 22.7 Å². The number of fused-ring (bicyclic) bond motifs is 1. The van der Waals surface area contributed by atoms with Crippen molar-refractivity contribution in [1.29, 1.82) is 5.41 Å². The lowest BCUT2D eigenvalue weighted by Gasteiger charge is -2.23. The van der Waals surface area contributed by atoms with Gasteiger partial charge in [0.05, 0.1) is 30.7 Å². The molecular formula is C24H24N4O5S2. The Labute approximate surface area is 208 Å². The molecule has 2 aliphatic heterocycles. The highest BCUT2D eigenvalue weighted by Gasteiger charge is 2.41. The van der Waals surface area contributed by atoms with Gasteiger partial charge in [0.25, 0.3) is 5.91 Å². The summed E-state index contributed by atoms with van der Waals surface area (Å²) in [4.78, 5) is 17.4. The molecule has 182 valence electrons. The Kier molecular flexibility index (Phi) is 7.08. The number of carbonyl (C=O) groups is 1. The van der Waals surface area contributed by atoms with Crippen LogP contribution < -0.4 is 9.47 Å². The topological polar surface area (TPSA) is 121 Å². The van der Waals surface area contributed by atoms with Crippen LogP contribution in [0.2, 0.25) is 0 Å². The van der Waals surface area contributed by atoms with E-state index in [4.69, 9.17) is 14.9 Å². The molecule has 2 aliphatic rings. The van der Waals surface area contributed by atoms with E-state index < -0.39 is 15.7 Å². The molecule has 1 N–H and O–H groups in total. The van der Waals surface area contributed by atoms with Crippen LogP contribution in [0.5, 0.6) is 11.5 Å². The molecule has 1 amide bonds. The maximum Gasteiger partial charge on any atom is 0.283 e. The second kappa shape index (κ2) is 10.0. The van der Waals surface area contributed by atoms with E-state index in [1.807, 2.05) is 32.0 Å². The van der Waals surface area contributed by atoms with Crippen molar-refractivity contribution in [3.8, 4) is 11.5 Å². The molecule has 0 aliphatic carbocycles. The van der Waals surface area contributed by atoms with Crippen LogP contribution in [0.4, 0.5) is 0 Å². The number of nitrogens with one attached hydrogen (secondary N) is 1. The van der Waals surface area contributed by atoms with Crippen molar-refractivity contribution in [1.82, 2.24) is 4.90 Å². The Hall–Kier alpha value is -3.44. The average Bonchev–Trinajstić information content (AvgIpc) is 3.23. The quantitative estimate of drug-likeness (QED) is 0.340. The van der Waals surface area contributed by atoms with Crippen LogP contribution in [0.25, 0.3) is 6.08 Å². The SMILES string of the molecule is Cc1cccc(C)c1OCCCOc1ccc(/C=C2/C(=N)N3C(=NC2=O)SN=C3S(C)(=O)=O)cc1. The zero-order chi connectivity index (χ0) is 25.2. The Balaban J connectivity index is 1.36. The van der Waals surface area contributed by atoms with Crippen molar-refractivity contribution in [2.45, 2.75) is 20.3 Å². The molecule has 0 saturated heterocycles. The number of amidine groups is 3. The highest BCUT2D eigenvalue weighted by atomic mass is 32.2. The molecule has 0 saturated carbocycles. The van der Waals surface area contributed by atoms with Crippen LogP contribution in [-0.2, 0) is 14.6 Å². The number of ether oxygens (including phenoxy) is 2. The van der Waals surface area contributed by atoms with E-state index >= 15 is 0 Å². The number of amides is 1. The van der Waals surface area contributed by atoms with E-state index in [1.54, 1.807) is 24.3 Å². The number of nitrogens with zero attached hydrogens (tertiary/aromatic N) is 3. The van der Waals surface area contributed by atoms with Gasteiger partial charge in [-0.05, 0) is 48.7 Å². The van der Waals surface area contributed by atoms with Crippen molar-refractivity contribution in [3.05, 3.63) is 64.7 Å². The standard InChI is InChI=1S/C24H24N4O5S2/c1-15-6-4-7-16(2)20(15)33-13-5-12-32-18-10-8-17(9-11-18)14-19-21(25)28-23(26-22(19)29)34-27-24(28)35(3,30)31/h4,6-11,14,25H,5,12-13H2,1-3H3/b19-14-,25-21?. The van der Waals surface area contributed by atoms with E-state index in [2.05, 4.69) is 9.39 Å². The summed E-state index contributed by atoms with van der Waals surface area (Å²) in [7, 11) is -3.69. The van der Waals surface area contributed by atoms with Gasteiger partial charge in [-0.3, -0.25) is 10.2 Å². The van der Waals surface area contributed by atoms with Crippen LogP contribution in [-0.4, -0.2) is 54.9 Å². The highest BCUT2D eigenvalue weighted by molar-refractivity contribution is 8.16. The van der Waals surface area contributed by atoms with Crippen molar-refractivity contribution in [2.24, 2.45) is 9.39 Å². The molecule has 9 nitrogen and oxygen atoms in total. The first kappa shape index (κ1) is 24.7. The number of para-hydroxylation sites is 1. The minimum atomic E-state index is -3.69. The van der Waals surface area contributed by atoms with Crippen LogP contribution in [0.15, 0.2) is 57.4 Å². The number of aryl methyl sites for hydroxylation is 2. The largest absolute Gasteiger partial charge is 0.493 e. The Morgan fingerprint density at radius 3 is 2.37 bits per heavy atom. The molecular weight excluding hydrogens is 488 g/mol. The summed E-state index contributed by atoms with van der Waals surface area (Å²) in [6.45, 7) is 5.06. The predicted molar refractivity (Wildman–Crippen MR) is 138 cm³/mol. The molecule has 2 heterocycles. The number of carbonyl (C=O) groups excluding carboxylic acids is 1. The molecule has 4 rings (SSSR count). The fourth-order valence-corrected chi connectivity index (χ4v) is 5.36. The summed E-state index contributed by atoms with van der Waals surface area (Å²) in [5.74, 6) is 0.667. The van der Waals surface area contributed by atoms with Crippen molar-refractivity contribution >= 4 is 49.9 Å². The predicted octanol–water partition coefficient (Wildman–Crippen LogP) is 3.77. The van der Waals surface area contributed by atoms with Crippen molar-refractivity contribution in [3.63, 3.8) is 0 Å². The minimum Gasteiger partial charge on any atom is -0.493 e. The van der Waals surface area contributed by atoms with Crippen LogP contribution in [0, 0.1) is 19.3 Å². The fraction of sp³-hybridized carbons (Fsp3) is 0.250. The molecule has 2 aromatic carbocycles. The molecule has 0 spiro atoms. The number of hydrogen-bond acceptors (Lipinski definition) is 8. The van der Waals surface area contributed by atoms with Gasteiger partial charge in [0, 0.05) is 12.7 Å². The summed E-state index contributed by atoms with van der Waals surface area (Å²) >= 11 is 0.760. The van der Waals surface area contributed by atoms with Gasteiger partial charge in [-0.2, -0.15) is 9.39 Å². The molecule has 0 radical (unpaired) electrons. The zero-order valence-electron chi connectivity index (χ0n) is 19.4. The van der Waals surface area contributed by atoms with E-state index in [9.17, 15) is 13.2 Å². The second-order valence-corrected chi connectivity index (χ2v) is 10.7. The first-order chi connectivity index (χ1) is 16.6. The summed E-state index contributed by atoms with van der Waals surface area (Å²) in [6.07, 6.45) is 3.21. The van der Waals surface area contributed by atoms with Gasteiger partial charge < -0.3 is 9.47 Å². The van der Waals surface area contributed by atoms with Gasteiger partial charge in [0.15, 0.2) is 0 Å². The number of rotatable bonds is 7. The molecule has 35 heavy (non-hydrogen) atoms. The molecule has 0 aromatic heterocycles. The van der Waals surface area contributed by atoms with Crippen molar-refractivity contribution in [2.75, 3.05) is 19.5 Å². The van der Waals surface area contributed by atoms with Crippen LogP contribution in [0.3, 0.4) is 0 Å². The summed E-state index contributed by atoms with van der Waals surface area (Å²) in [6, 6.07) is 13.1. The van der Waals surface area contributed by atoms with Gasteiger partial charge in [-0.15, -0.1) is 0 Å². The highest BCUT2D eigenvalue weighted by Crippen LogP contribution is 2.30. The maximum atomic E-state index is 12.4. The van der Waals surface area contributed by atoms with Gasteiger partial charge >= 0.3 is 0 Å². The Morgan fingerprint density at radius 1 is 1.06 bits per heavy atom. The number of hydrogen-bond donors (Lipinski definition) is 1. The number of benzene rings is 2.